The van der Waals surface area contributed by atoms with Crippen molar-refractivity contribution in [3.05, 3.63) is 28.2 Å². The number of hydrogen-bond donors (Lipinski definition) is 3. The van der Waals surface area contributed by atoms with Crippen LogP contribution in [0.2, 0.25) is 0 Å². The summed E-state index contributed by atoms with van der Waals surface area (Å²) >= 11 is 3.19. The van der Waals surface area contributed by atoms with E-state index in [4.69, 9.17) is 5.11 Å². The predicted molar refractivity (Wildman–Crippen MR) is 82.5 cm³/mol. The van der Waals surface area contributed by atoms with Crippen LogP contribution in [0.5, 0.6) is 0 Å². The standard InChI is InChI=1S/C12H15BrN2O5S/c1-21(19,20)6-2-5-14-12(18)15-10-7-8(13)3-4-9(10)11(16)17/h3-4,7H,2,5-6H2,1H3,(H,16,17)(H2,14,15,18). The highest BCUT2D eigenvalue weighted by molar-refractivity contribution is 9.10. The first-order chi connectivity index (χ1) is 9.69. The second-order valence-electron chi connectivity index (χ2n) is 4.36. The molecule has 1 aromatic rings. The van der Waals surface area contributed by atoms with Crippen LogP contribution in [0.1, 0.15) is 16.8 Å². The zero-order chi connectivity index (χ0) is 16.0. The fraction of sp³-hybridized carbons (Fsp3) is 0.333. The van der Waals surface area contributed by atoms with E-state index in [2.05, 4.69) is 26.6 Å². The Kier molecular flexibility index (Phi) is 6.16. The van der Waals surface area contributed by atoms with Gasteiger partial charge in [-0.15, -0.1) is 0 Å². The molecule has 0 bridgehead atoms. The topological polar surface area (TPSA) is 113 Å². The highest BCUT2D eigenvalue weighted by Crippen LogP contribution is 2.21. The van der Waals surface area contributed by atoms with Crippen LogP contribution in [0.25, 0.3) is 0 Å². The molecule has 0 spiro atoms. The number of carbonyl (C=O) groups is 2. The molecule has 0 saturated carbocycles. The summed E-state index contributed by atoms with van der Waals surface area (Å²) in [6, 6.07) is 3.80. The van der Waals surface area contributed by atoms with Crippen LogP contribution in [0, 0.1) is 0 Å². The fourth-order valence-corrected chi connectivity index (χ4v) is 2.54. The maximum absolute atomic E-state index is 11.6. The van der Waals surface area contributed by atoms with E-state index in [-0.39, 0.29) is 30.0 Å². The van der Waals surface area contributed by atoms with Gasteiger partial charge in [0.1, 0.15) is 9.84 Å². The predicted octanol–water partition coefficient (Wildman–Crippen LogP) is 1.70. The van der Waals surface area contributed by atoms with Crippen LogP contribution >= 0.6 is 15.9 Å². The molecule has 0 aliphatic heterocycles. The average molecular weight is 379 g/mol. The van der Waals surface area contributed by atoms with Crippen LogP contribution in [0.4, 0.5) is 10.5 Å². The molecular formula is C12H15BrN2O5S. The van der Waals surface area contributed by atoms with Crippen LogP contribution < -0.4 is 10.6 Å². The molecule has 0 heterocycles. The number of rotatable bonds is 6. The molecule has 0 aliphatic rings. The lowest BCUT2D eigenvalue weighted by atomic mass is 10.2. The van der Waals surface area contributed by atoms with Crippen molar-refractivity contribution in [2.45, 2.75) is 6.42 Å². The molecule has 2 amide bonds. The Morgan fingerprint density at radius 3 is 2.57 bits per heavy atom. The molecule has 116 valence electrons. The van der Waals surface area contributed by atoms with Gasteiger partial charge in [-0.2, -0.15) is 0 Å². The molecule has 7 nitrogen and oxygen atoms in total. The van der Waals surface area contributed by atoms with Crippen LogP contribution in [0.15, 0.2) is 22.7 Å². The molecule has 0 aliphatic carbocycles. The molecule has 0 saturated heterocycles. The number of carboxylic acids is 1. The average Bonchev–Trinajstić information content (AvgIpc) is 2.33. The summed E-state index contributed by atoms with van der Waals surface area (Å²) in [6.45, 7) is 0.176. The Morgan fingerprint density at radius 1 is 1.33 bits per heavy atom. The Hall–Kier alpha value is -1.61. The smallest absolute Gasteiger partial charge is 0.337 e. The van der Waals surface area contributed by atoms with E-state index in [1.807, 2.05) is 0 Å². The molecule has 0 fully saturated rings. The Balaban J connectivity index is 2.59. The minimum absolute atomic E-state index is 0.0233. The van der Waals surface area contributed by atoms with Crippen molar-refractivity contribution in [1.82, 2.24) is 5.32 Å². The van der Waals surface area contributed by atoms with Crippen molar-refractivity contribution in [2.24, 2.45) is 0 Å². The lowest BCUT2D eigenvalue weighted by Crippen LogP contribution is -2.31. The number of sulfone groups is 1. The monoisotopic (exact) mass is 378 g/mol. The second-order valence-corrected chi connectivity index (χ2v) is 7.53. The van der Waals surface area contributed by atoms with Gasteiger partial charge in [-0.3, -0.25) is 0 Å². The van der Waals surface area contributed by atoms with Crippen molar-refractivity contribution in [3.8, 4) is 0 Å². The highest BCUT2D eigenvalue weighted by Gasteiger charge is 2.12. The first kappa shape index (κ1) is 17.4. The molecular weight excluding hydrogens is 364 g/mol. The lowest BCUT2D eigenvalue weighted by molar-refractivity contribution is 0.0698. The molecule has 0 unspecified atom stereocenters. The molecule has 21 heavy (non-hydrogen) atoms. The van der Waals surface area contributed by atoms with Gasteiger partial charge in [0, 0.05) is 17.3 Å². The van der Waals surface area contributed by atoms with Gasteiger partial charge in [0.15, 0.2) is 0 Å². The molecule has 0 aromatic heterocycles. The van der Waals surface area contributed by atoms with E-state index in [0.29, 0.717) is 4.47 Å². The van der Waals surface area contributed by atoms with Gasteiger partial charge in [0.05, 0.1) is 17.0 Å². The van der Waals surface area contributed by atoms with E-state index in [9.17, 15) is 18.0 Å². The number of anilines is 1. The third-order valence-corrected chi connectivity index (χ3v) is 3.96. The Morgan fingerprint density at radius 2 is 2.00 bits per heavy atom. The van der Waals surface area contributed by atoms with Gasteiger partial charge in [-0.1, -0.05) is 15.9 Å². The van der Waals surface area contributed by atoms with E-state index in [0.717, 1.165) is 6.26 Å². The first-order valence-electron chi connectivity index (χ1n) is 5.94. The molecule has 0 atom stereocenters. The number of amides is 2. The van der Waals surface area contributed by atoms with Gasteiger partial charge in [0.2, 0.25) is 0 Å². The number of halogens is 1. The molecule has 3 N–H and O–H groups in total. The normalized spacial score (nSPS) is 11.0. The van der Waals surface area contributed by atoms with Crippen molar-refractivity contribution in [3.63, 3.8) is 0 Å². The van der Waals surface area contributed by atoms with Crippen molar-refractivity contribution in [2.75, 3.05) is 23.9 Å². The summed E-state index contributed by atoms with van der Waals surface area (Å²) in [6.07, 6.45) is 1.41. The van der Waals surface area contributed by atoms with Crippen LogP contribution in [-0.4, -0.2) is 44.1 Å². The van der Waals surface area contributed by atoms with Gasteiger partial charge in [0.25, 0.3) is 0 Å². The largest absolute Gasteiger partial charge is 0.478 e. The van der Waals surface area contributed by atoms with E-state index < -0.39 is 21.8 Å². The first-order valence-corrected chi connectivity index (χ1v) is 8.80. The molecule has 1 aromatic carbocycles. The Labute approximate surface area is 130 Å². The molecule has 0 radical (unpaired) electrons. The van der Waals surface area contributed by atoms with Crippen LogP contribution in [-0.2, 0) is 9.84 Å². The quantitative estimate of drug-likeness (QED) is 0.652. The third kappa shape index (κ3) is 6.58. The lowest BCUT2D eigenvalue weighted by Gasteiger charge is -2.10. The maximum Gasteiger partial charge on any atom is 0.337 e. The van der Waals surface area contributed by atoms with Crippen molar-refractivity contribution < 1.29 is 23.1 Å². The van der Waals surface area contributed by atoms with Gasteiger partial charge < -0.3 is 15.7 Å². The molecule has 1 rings (SSSR count). The second kappa shape index (κ2) is 7.41. The fourth-order valence-electron chi connectivity index (χ4n) is 1.51. The minimum Gasteiger partial charge on any atom is -0.478 e. The number of nitrogens with one attached hydrogen (secondary N) is 2. The summed E-state index contributed by atoms with van der Waals surface area (Å²) in [7, 11) is -3.06. The zero-order valence-corrected chi connectivity index (χ0v) is 13.6. The van der Waals surface area contributed by atoms with E-state index in [1.54, 1.807) is 6.07 Å². The highest BCUT2D eigenvalue weighted by atomic mass is 79.9. The van der Waals surface area contributed by atoms with Crippen LogP contribution in [0.3, 0.4) is 0 Å². The third-order valence-electron chi connectivity index (χ3n) is 2.44. The summed E-state index contributed by atoms with van der Waals surface area (Å²) < 4.78 is 22.5. The number of carbonyl (C=O) groups excluding carboxylic acids is 1. The van der Waals surface area contributed by atoms with Gasteiger partial charge in [-0.25, -0.2) is 18.0 Å². The van der Waals surface area contributed by atoms with Gasteiger partial charge in [-0.05, 0) is 24.6 Å². The summed E-state index contributed by atoms with van der Waals surface area (Å²) in [5.74, 6) is -1.18. The summed E-state index contributed by atoms with van der Waals surface area (Å²) in [4.78, 5) is 22.7. The SMILES string of the molecule is CS(=O)(=O)CCCNC(=O)Nc1cc(Br)ccc1C(=O)O. The minimum atomic E-state index is -3.06. The van der Waals surface area contributed by atoms with Crippen molar-refractivity contribution in [1.29, 1.82) is 0 Å². The number of hydrogen-bond acceptors (Lipinski definition) is 4. The maximum atomic E-state index is 11.6. The number of urea groups is 1. The van der Waals surface area contributed by atoms with Gasteiger partial charge >= 0.3 is 12.0 Å². The van der Waals surface area contributed by atoms with E-state index >= 15 is 0 Å². The van der Waals surface area contributed by atoms with Crippen molar-refractivity contribution >= 4 is 43.5 Å². The molecule has 9 heteroatoms. The number of benzene rings is 1. The Bertz CT molecular complexity index is 645. The number of carboxylic acid groups (broad SMARTS) is 1. The van der Waals surface area contributed by atoms with E-state index in [1.165, 1.54) is 12.1 Å². The zero-order valence-electron chi connectivity index (χ0n) is 11.2. The summed E-state index contributed by atoms with van der Waals surface area (Å²) in [5, 5.41) is 13.9. The number of aromatic carboxylic acids is 1. The summed E-state index contributed by atoms with van der Waals surface area (Å²) in [5.41, 5.74) is 0.113.